The van der Waals surface area contributed by atoms with Gasteiger partial charge in [-0.1, -0.05) is 50.6 Å². The van der Waals surface area contributed by atoms with Crippen LogP contribution in [0.1, 0.15) is 45.1 Å². The number of nitrogens with one attached hydrogen (secondary N) is 1. The molecule has 19 heavy (non-hydrogen) atoms. The lowest BCUT2D eigenvalue weighted by molar-refractivity contribution is -0.123. The van der Waals surface area contributed by atoms with Crippen molar-refractivity contribution in [2.24, 2.45) is 11.7 Å². The molecule has 3 heteroatoms. The zero-order valence-electron chi connectivity index (χ0n) is 12.2. The van der Waals surface area contributed by atoms with Crippen molar-refractivity contribution in [2.45, 2.75) is 45.6 Å². The molecule has 0 aliphatic heterocycles. The number of benzene rings is 1. The first-order valence-electron chi connectivity index (χ1n) is 7.14. The van der Waals surface area contributed by atoms with Gasteiger partial charge in [-0.3, -0.25) is 4.79 Å². The van der Waals surface area contributed by atoms with Gasteiger partial charge in [-0.15, -0.1) is 0 Å². The number of carbonyl (C=O) groups is 1. The molecule has 0 aromatic heterocycles. The molecule has 1 aromatic rings. The summed E-state index contributed by atoms with van der Waals surface area (Å²) in [5.41, 5.74) is 6.79. The molecular formula is C16H26N2O. The predicted octanol–water partition coefficient (Wildman–Crippen LogP) is 2.67. The molecule has 0 spiro atoms. The maximum Gasteiger partial charge on any atom is 0.227 e. The van der Waals surface area contributed by atoms with Gasteiger partial charge in [0.2, 0.25) is 5.91 Å². The van der Waals surface area contributed by atoms with E-state index in [1.54, 1.807) is 0 Å². The van der Waals surface area contributed by atoms with Gasteiger partial charge in [-0.2, -0.15) is 0 Å². The van der Waals surface area contributed by atoms with E-state index in [2.05, 4.69) is 19.2 Å². The number of hydrogen-bond donors (Lipinski definition) is 2. The van der Waals surface area contributed by atoms with Crippen molar-refractivity contribution in [3.05, 3.63) is 35.9 Å². The maximum atomic E-state index is 12.4. The van der Waals surface area contributed by atoms with Gasteiger partial charge < -0.3 is 11.1 Å². The zero-order valence-corrected chi connectivity index (χ0v) is 12.2. The van der Waals surface area contributed by atoms with Crippen molar-refractivity contribution in [3.8, 4) is 0 Å². The first kappa shape index (κ1) is 15.7. The number of hydrogen-bond acceptors (Lipinski definition) is 2. The van der Waals surface area contributed by atoms with Gasteiger partial charge in [0.1, 0.15) is 0 Å². The predicted molar refractivity (Wildman–Crippen MR) is 79.9 cm³/mol. The van der Waals surface area contributed by atoms with Gasteiger partial charge in [-0.25, -0.2) is 0 Å². The van der Waals surface area contributed by atoms with Crippen LogP contribution in [0.3, 0.4) is 0 Å². The second-order valence-corrected chi connectivity index (χ2v) is 5.33. The Hall–Kier alpha value is -1.35. The Labute approximate surface area is 116 Å². The van der Waals surface area contributed by atoms with Crippen LogP contribution >= 0.6 is 0 Å². The molecule has 3 nitrogen and oxygen atoms in total. The third kappa shape index (κ3) is 5.03. The van der Waals surface area contributed by atoms with Gasteiger partial charge in [-0.05, 0) is 24.8 Å². The van der Waals surface area contributed by atoms with Crippen LogP contribution in [0.2, 0.25) is 0 Å². The number of carbonyl (C=O) groups excluding carboxylic acids is 1. The highest BCUT2D eigenvalue weighted by Crippen LogP contribution is 2.27. The summed E-state index contributed by atoms with van der Waals surface area (Å²) in [6, 6.07) is 10.1. The lowest BCUT2D eigenvalue weighted by Gasteiger charge is -2.23. The summed E-state index contributed by atoms with van der Waals surface area (Å²) in [5, 5.41) is 3.01. The summed E-state index contributed by atoms with van der Waals surface area (Å²) in [6.45, 7) is 6.85. The van der Waals surface area contributed by atoms with Crippen molar-refractivity contribution in [1.29, 1.82) is 0 Å². The third-order valence-electron chi connectivity index (χ3n) is 3.55. The van der Waals surface area contributed by atoms with E-state index in [0.717, 1.165) is 18.4 Å². The van der Waals surface area contributed by atoms with Gasteiger partial charge >= 0.3 is 0 Å². The largest absolute Gasteiger partial charge is 0.356 e. The van der Waals surface area contributed by atoms with E-state index in [9.17, 15) is 4.79 Å². The fourth-order valence-corrected chi connectivity index (χ4v) is 2.17. The number of nitrogens with two attached hydrogens (primary N) is 1. The summed E-state index contributed by atoms with van der Waals surface area (Å²) in [7, 11) is 0. The van der Waals surface area contributed by atoms with E-state index < -0.39 is 0 Å². The van der Waals surface area contributed by atoms with Crippen LogP contribution in [-0.4, -0.2) is 18.5 Å². The van der Waals surface area contributed by atoms with Crippen LogP contribution in [-0.2, 0) is 4.79 Å². The Bertz CT molecular complexity index is 376. The topological polar surface area (TPSA) is 55.1 Å². The van der Waals surface area contributed by atoms with Gasteiger partial charge in [0.15, 0.2) is 0 Å². The first-order chi connectivity index (χ1) is 9.06. The Morgan fingerprint density at radius 3 is 2.42 bits per heavy atom. The molecule has 3 atom stereocenters. The average molecular weight is 262 g/mol. The number of rotatable bonds is 7. The van der Waals surface area contributed by atoms with Crippen LogP contribution < -0.4 is 11.1 Å². The molecule has 1 aromatic carbocycles. The summed E-state index contributed by atoms with van der Waals surface area (Å²) in [4.78, 5) is 12.4. The first-order valence-corrected chi connectivity index (χ1v) is 7.14. The van der Waals surface area contributed by atoms with Crippen molar-refractivity contribution in [3.63, 3.8) is 0 Å². The second-order valence-electron chi connectivity index (χ2n) is 5.33. The molecule has 3 N–H and O–H groups in total. The van der Waals surface area contributed by atoms with E-state index in [-0.39, 0.29) is 17.9 Å². The van der Waals surface area contributed by atoms with Crippen LogP contribution in [0.4, 0.5) is 0 Å². The Balaban J connectivity index is 2.72. The highest BCUT2D eigenvalue weighted by atomic mass is 16.1. The van der Waals surface area contributed by atoms with Gasteiger partial charge in [0.05, 0.1) is 5.92 Å². The minimum Gasteiger partial charge on any atom is -0.356 e. The summed E-state index contributed by atoms with van der Waals surface area (Å²) in [6.07, 6.45) is 1.80. The summed E-state index contributed by atoms with van der Waals surface area (Å²) in [5.74, 6) is 0.373. The molecular weight excluding hydrogens is 236 g/mol. The minimum absolute atomic E-state index is 0.0701. The molecule has 0 aliphatic rings. The smallest absolute Gasteiger partial charge is 0.227 e. The Morgan fingerprint density at radius 1 is 1.26 bits per heavy atom. The third-order valence-corrected chi connectivity index (χ3v) is 3.55. The van der Waals surface area contributed by atoms with Crippen molar-refractivity contribution in [2.75, 3.05) is 6.54 Å². The molecule has 0 aliphatic carbocycles. The maximum absolute atomic E-state index is 12.4. The Kier molecular flexibility index (Phi) is 6.57. The standard InChI is InChI=1S/C16H26N2O/c1-4-12(2)15(14-8-6-5-7-9-14)16(19)18-11-10-13(3)17/h5-9,12-13,15H,4,10-11,17H2,1-3H3,(H,18,19). The van der Waals surface area contributed by atoms with Crippen LogP contribution in [0, 0.1) is 5.92 Å². The lowest BCUT2D eigenvalue weighted by atomic mass is 9.85. The van der Waals surface area contributed by atoms with E-state index in [0.29, 0.717) is 12.5 Å². The molecule has 1 amide bonds. The quantitative estimate of drug-likeness (QED) is 0.793. The Morgan fingerprint density at radius 2 is 1.89 bits per heavy atom. The molecule has 0 heterocycles. The fraction of sp³-hybridized carbons (Fsp3) is 0.562. The molecule has 1 rings (SSSR count). The number of amides is 1. The summed E-state index contributed by atoms with van der Waals surface area (Å²) >= 11 is 0. The van der Waals surface area contributed by atoms with Gasteiger partial charge in [0, 0.05) is 12.6 Å². The molecule has 0 saturated heterocycles. The second kappa shape index (κ2) is 7.95. The highest BCUT2D eigenvalue weighted by molar-refractivity contribution is 5.83. The van der Waals surface area contributed by atoms with Crippen LogP contribution in [0.5, 0.6) is 0 Å². The fourth-order valence-electron chi connectivity index (χ4n) is 2.17. The zero-order chi connectivity index (χ0) is 14.3. The van der Waals surface area contributed by atoms with Gasteiger partial charge in [0.25, 0.3) is 0 Å². The normalized spacial score (nSPS) is 15.6. The molecule has 0 bridgehead atoms. The van der Waals surface area contributed by atoms with E-state index in [1.165, 1.54) is 0 Å². The van der Waals surface area contributed by atoms with E-state index in [1.807, 2.05) is 37.3 Å². The lowest BCUT2D eigenvalue weighted by Crippen LogP contribution is -2.35. The highest BCUT2D eigenvalue weighted by Gasteiger charge is 2.25. The summed E-state index contributed by atoms with van der Waals surface area (Å²) < 4.78 is 0. The monoisotopic (exact) mass is 262 g/mol. The molecule has 3 unspecified atom stereocenters. The van der Waals surface area contributed by atoms with E-state index in [4.69, 9.17) is 5.73 Å². The van der Waals surface area contributed by atoms with Crippen LogP contribution in [0.15, 0.2) is 30.3 Å². The van der Waals surface area contributed by atoms with E-state index >= 15 is 0 Å². The molecule has 106 valence electrons. The van der Waals surface area contributed by atoms with Crippen molar-refractivity contribution in [1.82, 2.24) is 5.32 Å². The molecule has 0 fully saturated rings. The van der Waals surface area contributed by atoms with Crippen molar-refractivity contribution >= 4 is 5.91 Å². The van der Waals surface area contributed by atoms with Crippen molar-refractivity contribution < 1.29 is 4.79 Å². The van der Waals surface area contributed by atoms with Crippen LogP contribution in [0.25, 0.3) is 0 Å². The average Bonchev–Trinajstić information content (AvgIpc) is 2.39. The minimum atomic E-state index is -0.0701. The SMILES string of the molecule is CCC(C)C(C(=O)NCCC(C)N)c1ccccc1. The molecule has 0 saturated carbocycles. The molecule has 0 radical (unpaired) electrons.